The number of aliphatic hydroxyl groups excluding tert-OH is 1. The van der Waals surface area contributed by atoms with Gasteiger partial charge in [0.15, 0.2) is 0 Å². The van der Waals surface area contributed by atoms with Crippen LogP contribution in [0.1, 0.15) is 57.9 Å². The van der Waals surface area contributed by atoms with Gasteiger partial charge in [-0.1, -0.05) is 50.6 Å². The van der Waals surface area contributed by atoms with Crippen LogP contribution in [0.15, 0.2) is 30.3 Å². The molecule has 34 heavy (non-hydrogen) atoms. The number of nitrogens with one attached hydrogen (secondary N) is 2. The van der Waals surface area contributed by atoms with E-state index in [0.717, 1.165) is 18.4 Å². The zero-order valence-corrected chi connectivity index (χ0v) is 20.2. The summed E-state index contributed by atoms with van der Waals surface area (Å²) < 4.78 is 6.68. The summed E-state index contributed by atoms with van der Waals surface area (Å²) in [5.41, 5.74) is -0.768. The van der Waals surface area contributed by atoms with Gasteiger partial charge in [-0.3, -0.25) is 14.4 Å². The van der Waals surface area contributed by atoms with Crippen LogP contribution in [0.25, 0.3) is 0 Å². The number of fused-ring (bicyclic) bond motifs is 1. The minimum atomic E-state index is -1.01. The number of rotatable bonds is 11. The van der Waals surface area contributed by atoms with Crippen LogP contribution in [0.5, 0.6) is 0 Å². The van der Waals surface area contributed by atoms with Crippen molar-refractivity contribution in [2.45, 2.75) is 76.2 Å². The zero-order valence-electron chi connectivity index (χ0n) is 20.2. The topological polar surface area (TPSA) is 108 Å². The van der Waals surface area contributed by atoms with Gasteiger partial charge in [0.05, 0.1) is 17.4 Å². The van der Waals surface area contributed by atoms with Crippen molar-refractivity contribution in [2.24, 2.45) is 11.8 Å². The van der Waals surface area contributed by atoms with Gasteiger partial charge in [0.25, 0.3) is 0 Å². The van der Waals surface area contributed by atoms with E-state index in [0.29, 0.717) is 38.8 Å². The molecule has 2 bridgehead atoms. The molecular formula is C26H37N3O5. The quantitative estimate of drug-likeness (QED) is 0.426. The van der Waals surface area contributed by atoms with E-state index in [4.69, 9.17) is 4.74 Å². The summed E-state index contributed by atoms with van der Waals surface area (Å²) in [6.45, 7) is 5.14. The molecule has 186 valence electrons. The van der Waals surface area contributed by atoms with Gasteiger partial charge < -0.3 is 25.4 Å². The van der Waals surface area contributed by atoms with Crippen LogP contribution in [-0.2, 0) is 25.7 Å². The van der Waals surface area contributed by atoms with Crippen molar-refractivity contribution in [3.05, 3.63) is 35.9 Å². The van der Waals surface area contributed by atoms with Crippen LogP contribution < -0.4 is 10.6 Å². The maximum absolute atomic E-state index is 13.8. The van der Waals surface area contributed by atoms with Crippen molar-refractivity contribution >= 4 is 17.7 Å². The molecule has 1 spiro atoms. The number of ether oxygens (including phenoxy) is 1. The van der Waals surface area contributed by atoms with E-state index in [1.54, 1.807) is 4.90 Å². The standard InChI is InChI=1S/C26H37N3O5/c1-3-5-14-27-23(32)21-26-13-12-25(4-2,34-26)19(20(26)24(33)29(21)15-9-16-30)22(31)28-17-18-10-7-6-8-11-18/h6-8,10-11,19-21,30H,3-5,9,12-17H2,1-2H3,(H,27,32)(H,28,31)/t19-,20-,21?,25+,26?/m0/s1. The summed E-state index contributed by atoms with van der Waals surface area (Å²) in [4.78, 5) is 42.3. The van der Waals surface area contributed by atoms with E-state index in [2.05, 4.69) is 17.6 Å². The first-order valence-corrected chi connectivity index (χ1v) is 12.6. The average molecular weight is 472 g/mol. The van der Waals surface area contributed by atoms with E-state index < -0.39 is 29.1 Å². The number of benzene rings is 1. The highest BCUT2D eigenvalue weighted by atomic mass is 16.5. The number of hydrogen-bond donors (Lipinski definition) is 3. The maximum Gasteiger partial charge on any atom is 0.245 e. The number of carbonyl (C=O) groups is 3. The van der Waals surface area contributed by atoms with Crippen LogP contribution in [-0.4, -0.2) is 64.7 Å². The highest BCUT2D eigenvalue weighted by molar-refractivity contribution is 5.99. The summed E-state index contributed by atoms with van der Waals surface area (Å²) in [6.07, 6.45) is 3.99. The number of aliphatic hydroxyl groups is 1. The molecule has 3 amide bonds. The van der Waals surface area contributed by atoms with Gasteiger partial charge in [-0.15, -0.1) is 0 Å². The molecule has 0 aromatic heterocycles. The second kappa shape index (κ2) is 10.0. The third kappa shape index (κ3) is 4.01. The summed E-state index contributed by atoms with van der Waals surface area (Å²) in [5.74, 6) is -1.97. The molecular weight excluding hydrogens is 434 g/mol. The summed E-state index contributed by atoms with van der Waals surface area (Å²) in [5, 5.41) is 15.4. The Balaban J connectivity index is 1.63. The van der Waals surface area contributed by atoms with Gasteiger partial charge in [-0.2, -0.15) is 0 Å². The molecule has 3 aliphatic rings. The molecule has 1 aromatic carbocycles. The number of unbranched alkanes of at least 4 members (excludes halogenated alkanes) is 1. The molecule has 5 atom stereocenters. The van der Waals surface area contributed by atoms with Crippen molar-refractivity contribution in [3.63, 3.8) is 0 Å². The SMILES string of the molecule is CCCCNC(=O)C1N(CCCO)C(=O)[C@@H]2[C@@H](C(=O)NCc3ccccc3)[C@@]3(CC)CCC12O3. The minimum absolute atomic E-state index is 0.0770. The van der Waals surface area contributed by atoms with Crippen LogP contribution >= 0.6 is 0 Å². The highest BCUT2D eigenvalue weighted by Crippen LogP contribution is 2.64. The van der Waals surface area contributed by atoms with Crippen LogP contribution in [0.4, 0.5) is 0 Å². The normalized spacial score (nSPS) is 31.6. The average Bonchev–Trinajstić information content (AvgIpc) is 3.45. The largest absolute Gasteiger partial charge is 0.396 e. The fourth-order valence-corrected chi connectivity index (χ4v) is 6.28. The third-order valence-electron chi connectivity index (χ3n) is 7.91. The summed E-state index contributed by atoms with van der Waals surface area (Å²) in [6, 6.07) is 8.88. The van der Waals surface area contributed by atoms with Gasteiger partial charge in [0.2, 0.25) is 17.7 Å². The fourth-order valence-electron chi connectivity index (χ4n) is 6.28. The van der Waals surface area contributed by atoms with Crippen LogP contribution in [0, 0.1) is 11.8 Å². The third-order valence-corrected chi connectivity index (χ3v) is 7.91. The van der Waals surface area contributed by atoms with Crippen LogP contribution in [0.3, 0.4) is 0 Å². The molecule has 2 unspecified atom stereocenters. The Hall–Kier alpha value is -2.45. The Morgan fingerprint density at radius 2 is 1.88 bits per heavy atom. The van der Waals surface area contributed by atoms with Crippen molar-refractivity contribution in [1.29, 1.82) is 0 Å². The molecule has 0 radical (unpaired) electrons. The van der Waals surface area contributed by atoms with Crippen molar-refractivity contribution in [1.82, 2.24) is 15.5 Å². The number of carbonyl (C=O) groups excluding carboxylic acids is 3. The Kier molecular flexibility index (Phi) is 7.28. The Labute approximate surface area is 201 Å². The van der Waals surface area contributed by atoms with Crippen molar-refractivity contribution in [2.75, 3.05) is 19.7 Å². The van der Waals surface area contributed by atoms with Crippen molar-refractivity contribution < 1.29 is 24.2 Å². The van der Waals surface area contributed by atoms with Crippen molar-refractivity contribution in [3.8, 4) is 0 Å². The van der Waals surface area contributed by atoms with Gasteiger partial charge in [-0.25, -0.2) is 0 Å². The summed E-state index contributed by atoms with van der Waals surface area (Å²) in [7, 11) is 0. The lowest BCUT2D eigenvalue weighted by molar-refractivity contribution is -0.147. The Morgan fingerprint density at radius 1 is 1.12 bits per heavy atom. The second-order valence-corrected chi connectivity index (χ2v) is 9.79. The fraction of sp³-hybridized carbons (Fsp3) is 0.654. The lowest BCUT2D eigenvalue weighted by Gasteiger charge is -2.34. The number of hydrogen-bond acceptors (Lipinski definition) is 5. The van der Waals surface area contributed by atoms with E-state index >= 15 is 0 Å². The molecule has 3 heterocycles. The summed E-state index contributed by atoms with van der Waals surface area (Å²) >= 11 is 0. The highest BCUT2D eigenvalue weighted by Gasteiger charge is 2.78. The maximum atomic E-state index is 13.8. The Morgan fingerprint density at radius 3 is 2.56 bits per heavy atom. The molecule has 3 aliphatic heterocycles. The molecule has 8 heteroatoms. The monoisotopic (exact) mass is 471 g/mol. The van der Waals surface area contributed by atoms with Gasteiger partial charge in [0, 0.05) is 26.2 Å². The number of nitrogens with zero attached hydrogens (tertiary/aromatic N) is 1. The first-order chi connectivity index (χ1) is 16.4. The molecule has 3 fully saturated rings. The van der Waals surface area contributed by atoms with Crippen LogP contribution in [0.2, 0.25) is 0 Å². The molecule has 3 N–H and O–H groups in total. The molecule has 3 saturated heterocycles. The molecule has 4 rings (SSSR count). The predicted octanol–water partition coefficient (Wildman–Crippen LogP) is 1.76. The zero-order chi connectivity index (χ0) is 24.3. The number of amides is 3. The lowest BCUT2D eigenvalue weighted by atomic mass is 9.65. The first kappa shape index (κ1) is 24.7. The molecule has 8 nitrogen and oxygen atoms in total. The Bertz CT molecular complexity index is 909. The second-order valence-electron chi connectivity index (χ2n) is 9.79. The smallest absolute Gasteiger partial charge is 0.245 e. The minimum Gasteiger partial charge on any atom is -0.396 e. The van der Waals surface area contributed by atoms with Gasteiger partial charge in [0.1, 0.15) is 11.6 Å². The number of likely N-dealkylation sites (tertiary alicyclic amines) is 1. The van der Waals surface area contributed by atoms with E-state index in [9.17, 15) is 19.5 Å². The van der Waals surface area contributed by atoms with Gasteiger partial charge >= 0.3 is 0 Å². The lowest BCUT2D eigenvalue weighted by Crippen LogP contribution is -2.55. The molecule has 0 saturated carbocycles. The van der Waals surface area contributed by atoms with Gasteiger partial charge in [-0.05, 0) is 37.7 Å². The molecule has 0 aliphatic carbocycles. The van der Waals surface area contributed by atoms with E-state index in [1.165, 1.54) is 0 Å². The molecule has 1 aromatic rings. The predicted molar refractivity (Wildman–Crippen MR) is 126 cm³/mol. The van der Waals surface area contributed by atoms with E-state index in [1.807, 2.05) is 37.3 Å². The first-order valence-electron chi connectivity index (χ1n) is 12.6. The van der Waals surface area contributed by atoms with E-state index in [-0.39, 0.29) is 30.9 Å².